The van der Waals surface area contributed by atoms with E-state index in [4.69, 9.17) is 9.47 Å². The van der Waals surface area contributed by atoms with Crippen LogP contribution in [0.1, 0.15) is 34.1 Å². The van der Waals surface area contributed by atoms with Crippen LogP contribution in [0.2, 0.25) is 0 Å². The number of guanidine groups is 1. The highest BCUT2D eigenvalue weighted by Gasteiger charge is 2.36. The minimum Gasteiger partial charge on any atom is -0.378 e. The van der Waals surface area contributed by atoms with E-state index >= 15 is 0 Å². The van der Waals surface area contributed by atoms with Crippen molar-refractivity contribution in [1.29, 1.82) is 0 Å². The molecule has 0 bridgehead atoms. The van der Waals surface area contributed by atoms with Crippen molar-refractivity contribution in [1.82, 2.24) is 9.80 Å². The molecule has 2 rings (SSSR count). The Kier molecular flexibility index (Phi) is 5.57. The van der Waals surface area contributed by atoms with E-state index < -0.39 is 5.03 Å². The molecule has 8 nitrogen and oxygen atoms in total. The molecule has 0 N–H and O–H groups in total. The molecule has 8 heteroatoms. The molecule has 2 heterocycles. The summed E-state index contributed by atoms with van der Waals surface area (Å²) < 4.78 is 11.3. The van der Waals surface area contributed by atoms with Gasteiger partial charge in [-0.1, -0.05) is 0 Å². The van der Waals surface area contributed by atoms with Crippen molar-refractivity contribution < 1.29 is 14.5 Å². The maximum atomic E-state index is 10.9. The van der Waals surface area contributed by atoms with Crippen LogP contribution in [0.4, 0.5) is 0 Å². The normalized spacial score (nSPS) is 28.9. The molecule has 2 saturated heterocycles. The lowest BCUT2D eigenvalue weighted by Gasteiger charge is -2.28. The van der Waals surface area contributed by atoms with E-state index in [1.807, 2.05) is 30.6 Å². The number of rotatable bonds is 6. The van der Waals surface area contributed by atoms with Gasteiger partial charge < -0.3 is 19.3 Å². The van der Waals surface area contributed by atoms with Crippen molar-refractivity contribution in [2.24, 2.45) is 11.0 Å². The summed E-state index contributed by atoms with van der Waals surface area (Å²) in [5, 5.41) is 13.8. The molecule has 2 aliphatic heterocycles. The van der Waals surface area contributed by atoms with E-state index in [9.17, 15) is 10.1 Å². The van der Waals surface area contributed by atoms with E-state index in [0.717, 1.165) is 19.5 Å². The van der Waals surface area contributed by atoms with Crippen molar-refractivity contribution in [3.05, 3.63) is 10.1 Å². The number of hydrogen-bond donors (Lipinski definition) is 0. The van der Waals surface area contributed by atoms with Crippen LogP contribution in [0, 0.1) is 16.0 Å². The van der Waals surface area contributed by atoms with Gasteiger partial charge >= 0.3 is 0 Å². The summed E-state index contributed by atoms with van der Waals surface area (Å²) in [6.07, 6.45) is 1.08. The van der Waals surface area contributed by atoms with Crippen LogP contribution in [0.3, 0.4) is 0 Å². The van der Waals surface area contributed by atoms with Crippen LogP contribution in [0.25, 0.3) is 0 Å². The van der Waals surface area contributed by atoms with E-state index in [-0.39, 0.29) is 18.4 Å². The average Bonchev–Trinajstić information content (AvgIpc) is 2.96. The fraction of sp³-hybridized carbons (Fsp3) is 0.929. The fourth-order valence-electron chi connectivity index (χ4n) is 3.13. The molecule has 2 fully saturated rings. The molecule has 3 atom stereocenters. The number of nitro groups is 1. The average molecular weight is 314 g/mol. The standard InChI is InChI=1S/C14H26N4O4/c1-10(2)22-12(4)17-6-5-16(14(17)15-18(19)20)8-13-7-11(3)21-9-13/h10-13H,5-9H2,1-4H3. The first-order chi connectivity index (χ1) is 10.4. The highest BCUT2D eigenvalue weighted by atomic mass is 16.7. The van der Waals surface area contributed by atoms with Gasteiger partial charge in [-0.15, -0.1) is 0 Å². The summed E-state index contributed by atoms with van der Waals surface area (Å²) in [6.45, 7) is 10.7. The van der Waals surface area contributed by atoms with Crippen LogP contribution in [-0.4, -0.2) is 65.5 Å². The van der Waals surface area contributed by atoms with Crippen LogP contribution >= 0.6 is 0 Å². The van der Waals surface area contributed by atoms with E-state index in [0.29, 0.717) is 25.0 Å². The SMILES string of the molecule is CC(C)OC(C)N1CCN(CC2COC(C)C2)C1=N[N+](=O)[O-]. The Morgan fingerprint density at radius 3 is 2.73 bits per heavy atom. The minimum atomic E-state index is -0.628. The van der Waals surface area contributed by atoms with Crippen LogP contribution in [0.15, 0.2) is 5.10 Å². The van der Waals surface area contributed by atoms with Gasteiger partial charge in [0, 0.05) is 25.6 Å². The molecule has 3 unspecified atom stereocenters. The molecule has 0 spiro atoms. The van der Waals surface area contributed by atoms with Gasteiger partial charge in [-0.25, -0.2) is 10.1 Å². The second-order valence-corrected chi connectivity index (χ2v) is 6.31. The molecular weight excluding hydrogens is 288 g/mol. The van der Waals surface area contributed by atoms with E-state index in [2.05, 4.69) is 12.0 Å². The smallest absolute Gasteiger partial charge is 0.276 e. The molecule has 126 valence electrons. The van der Waals surface area contributed by atoms with Crippen molar-refractivity contribution in [3.8, 4) is 0 Å². The van der Waals surface area contributed by atoms with Gasteiger partial charge in [0.1, 0.15) is 11.3 Å². The molecule has 0 aliphatic carbocycles. The van der Waals surface area contributed by atoms with E-state index in [1.165, 1.54) is 0 Å². The zero-order valence-electron chi connectivity index (χ0n) is 13.8. The summed E-state index contributed by atoms with van der Waals surface area (Å²) in [7, 11) is 0. The largest absolute Gasteiger partial charge is 0.378 e. The summed E-state index contributed by atoms with van der Waals surface area (Å²) in [5.74, 6) is 0.797. The van der Waals surface area contributed by atoms with E-state index in [1.54, 1.807) is 0 Å². The van der Waals surface area contributed by atoms with Gasteiger partial charge in [-0.2, -0.15) is 0 Å². The lowest BCUT2D eigenvalue weighted by Crippen LogP contribution is -2.43. The third kappa shape index (κ3) is 4.30. The summed E-state index contributed by atoms with van der Waals surface area (Å²) in [5.41, 5.74) is 0. The lowest BCUT2D eigenvalue weighted by atomic mass is 10.1. The van der Waals surface area contributed by atoms with Gasteiger partial charge in [0.05, 0.1) is 18.8 Å². The zero-order valence-corrected chi connectivity index (χ0v) is 13.8. The number of ether oxygens (including phenoxy) is 2. The quantitative estimate of drug-likeness (QED) is 0.544. The predicted octanol–water partition coefficient (Wildman–Crippen LogP) is 1.35. The molecule has 0 radical (unpaired) electrons. The molecule has 0 amide bonds. The molecule has 0 aromatic rings. The Morgan fingerprint density at radius 2 is 2.18 bits per heavy atom. The van der Waals surface area contributed by atoms with Crippen molar-refractivity contribution in [2.75, 3.05) is 26.2 Å². The van der Waals surface area contributed by atoms with Gasteiger partial charge in [0.15, 0.2) is 5.03 Å². The number of hydrogen-bond acceptors (Lipinski definition) is 4. The number of nitrogens with zero attached hydrogens (tertiary/aromatic N) is 4. The molecule has 2 aliphatic rings. The summed E-state index contributed by atoms with van der Waals surface area (Å²) in [4.78, 5) is 14.7. The monoisotopic (exact) mass is 314 g/mol. The lowest BCUT2D eigenvalue weighted by molar-refractivity contribution is -0.486. The third-order valence-corrected chi connectivity index (χ3v) is 3.99. The topological polar surface area (TPSA) is 80.4 Å². The minimum absolute atomic E-state index is 0.0602. The van der Waals surface area contributed by atoms with Crippen molar-refractivity contribution in [3.63, 3.8) is 0 Å². The first kappa shape index (κ1) is 17.0. The van der Waals surface area contributed by atoms with Gasteiger partial charge in [0.2, 0.25) is 0 Å². The zero-order chi connectivity index (χ0) is 16.3. The molecule has 0 aromatic carbocycles. The molecular formula is C14H26N4O4. The van der Waals surface area contributed by atoms with Crippen LogP contribution in [-0.2, 0) is 9.47 Å². The maximum Gasteiger partial charge on any atom is 0.276 e. The second-order valence-electron chi connectivity index (χ2n) is 6.31. The molecule has 22 heavy (non-hydrogen) atoms. The predicted molar refractivity (Wildman–Crippen MR) is 81.9 cm³/mol. The third-order valence-electron chi connectivity index (χ3n) is 3.99. The Hall–Kier alpha value is -1.41. The first-order valence-corrected chi connectivity index (χ1v) is 7.88. The summed E-state index contributed by atoms with van der Waals surface area (Å²) in [6, 6.07) is 0. The Labute approximate surface area is 131 Å². The first-order valence-electron chi connectivity index (χ1n) is 7.88. The second kappa shape index (κ2) is 7.23. The highest BCUT2D eigenvalue weighted by molar-refractivity contribution is 5.81. The Bertz CT molecular complexity index is 429. The van der Waals surface area contributed by atoms with Crippen LogP contribution in [0.5, 0.6) is 0 Å². The van der Waals surface area contributed by atoms with Gasteiger partial charge in [-0.05, 0) is 34.1 Å². The maximum absolute atomic E-state index is 10.9. The van der Waals surface area contributed by atoms with Crippen molar-refractivity contribution >= 4 is 5.96 Å². The Morgan fingerprint density at radius 1 is 1.45 bits per heavy atom. The summed E-state index contributed by atoms with van der Waals surface area (Å²) >= 11 is 0. The van der Waals surface area contributed by atoms with Crippen LogP contribution < -0.4 is 0 Å². The fourth-order valence-corrected chi connectivity index (χ4v) is 3.13. The molecule has 0 aromatic heterocycles. The Balaban J connectivity index is 2.05. The van der Waals surface area contributed by atoms with Gasteiger partial charge in [-0.3, -0.25) is 0 Å². The van der Waals surface area contributed by atoms with Gasteiger partial charge in [0.25, 0.3) is 5.96 Å². The molecule has 0 saturated carbocycles. The highest BCUT2D eigenvalue weighted by Crippen LogP contribution is 2.23. The number of hydrazone groups is 1. The van der Waals surface area contributed by atoms with Crippen molar-refractivity contribution in [2.45, 2.75) is 52.6 Å².